The third-order valence-electron chi connectivity index (χ3n) is 3.43. The van der Waals surface area contributed by atoms with Crippen molar-refractivity contribution in [2.24, 2.45) is 5.41 Å². The van der Waals surface area contributed by atoms with Gasteiger partial charge >= 0.3 is 0 Å². The zero-order valence-corrected chi connectivity index (χ0v) is 11.6. The van der Waals surface area contributed by atoms with Crippen molar-refractivity contribution >= 4 is 11.4 Å². The van der Waals surface area contributed by atoms with Crippen LogP contribution in [-0.2, 0) is 0 Å². The maximum absolute atomic E-state index is 10.9. The standard InChI is InChI=1S/C14H20N2O3/c1-4-5-19-12-7-10(6-11(8-12)16(17)18)15-13-9-14(13,2)3/h6-8,13,15H,4-5,9H2,1-3H3. The molecule has 1 aliphatic carbocycles. The highest BCUT2D eigenvalue weighted by atomic mass is 16.6. The Morgan fingerprint density at radius 2 is 2.16 bits per heavy atom. The van der Waals surface area contributed by atoms with E-state index in [1.54, 1.807) is 6.07 Å². The zero-order chi connectivity index (χ0) is 14.0. The van der Waals surface area contributed by atoms with Gasteiger partial charge in [0.25, 0.3) is 5.69 Å². The second-order valence-electron chi connectivity index (χ2n) is 5.71. The van der Waals surface area contributed by atoms with Crippen LogP contribution in [0.5, 0.6) is 5.75 Å². The average Bonchev–Trinajstić information content (AvgIpc) is 2.93. The van der Waals surface area contributed by atoms with Gasteiger partial charge in [-0.3, -0.25) is 10.1 Å². The van der Waals surface area contributed by atoms with Crippen molar-refractivity contribution in [3.8, 4) is 5.75 Å². The van der Waals surface area contributed by atoms with Crippen molar-refractivity contribution in [3.63, 3.8) is 0 Å². The monoisotopic (exact) mass is 264 g/mol. The summed E-state index contributed by atoms with van der Waals surface area (Å²) in [5.74, 6) is 0.553. The van der Waals surface area contributed by atoms with Gasteiger partial charge in [0.2, 0.25) is 0 Å². The van der Waals surface area contributed by atoms with Gasteiger partial charge in [-0.1, -0.05) is 20.8 Å². The van der Waals surface area contributed by atoms with Crippen molar-refractivity contribution in [3.05, 3.63) is 28.3 Å². The minimum Gasteiger partial charge on any atom is -0.493 e. The molecule has 1 atom stereocenters. The number of hydrogen-bond donors (Lipinski definition) is 1. The first-order valence-corrected chi connectivity index (χ1v) is 6.61. The zero-order valence-electron chi connectivity index (χ0n) is 11.6. The molecule has 0 heterocycles. The third-order valence-corrected chi connectivity index (χ3v) is 3.43. The Bertz CT molecular complexity index is 486. The van der Waals surface area contributed by atoms with Gasteiger partial charge in [0.1, 0.15) is 5.75 Å². The molecule has 1 N–H and O–H groups in total. The number of hydrogen-bond acceptors (Lipinski definition) is 4. The van der Waals surface area contributed by atoms with E-state index in [9.17, 15) is 10.1 Å². The molecule has 0 bridgehead atoms. The largest absolute Gasteiger partial charge is 0.493 e. The summed E-state index contributed by atoms with van der Waals surface area (Å²) < 4.78 is 5.50. The van der Waals surface area contributed by atoms with Gasteiger partial charge in [0, 0.05) is 23.9 Å². The van der Waals surface area contributed by atoms with E-state index < -0.39 is 0 Å². The minimum atomic E-state index is -0.387. The molecular weight excluding hydrogens is 244 g/mol. The molecule has 1 saturated carbocycles. The topological polar surface area (TPSA) is 64.4 Å². The fourth-order valence-corrected chi connectivity index (χ4v) is 1.99. The first-order chi connectivity index (χ1) is 8.92. The molecule has 1 aromatic carbocycles. The lowest BCUT2D eigenvalue weighted by Gasteiger charge is -2.11. The number of non-ortho nitro benzene ring substituents is 1. The molecule has 0 amide bonds. The van der Waals surface area contributed by atoms with Crippen LogP contribution in [0.2, 0.25) is 0 Å². The summed E-state index contributed by atoms with van der Waals surface area (Å²) in [6, 6.07) is 5.25. The van der Waals surface area contributed by atoms with Crippen molar-refractivity contribution in [2.45, 2.75) is 39.7 Å². The van der Waals surface area contributed by atoms with Crippen molar-refractivity contribution in [1.82, 2.24) is 0 Å². The van der Waals surface area contributed by atoms with Crippen molar-refractivity contribution in [2.75, 3.05) is 11.9 Å². The van der Waals surface area contributed by atoms with Gasteiger partial charge in [-0.15, -0.1) is 0 Å². The predicted octanol–water partition coefficient (Wildman–Crippen LogP) is 3.59. The number of rotatable bonds is 6. The second kappa shape index (κ2) is 5.07. The number of anilines is 1. The number of ether oxygens (including phenoxy) is 1. The van der Waals surface area contributed by atoms with Crippen LogP contribution in [-0.4, -0.2) is 17.6 Å². The SMILES string of the molecule is CCCOc1cc(NC2CC2(C)C)cc([N+](=O)[O-])c1. The summed E-state index contributed by atoms with van der Waals surface area (Å²) in [5.41, 5.74) is 1.10. The molecule has 0 spiro atoms. The Labute approximate surface area is 113 Å². The van der Waals surface area contributed by atoms with E-state index >= 15 is 0 Å². The smallest absolute Gasteiger partial charge is 0.275 e. The molecule has 1 fully saturated rings. The Morgan fingerprint density at radius 3 is 2.68 bits per heavy atom. The molecule has 2 rings (SSSR count). The molecule has 1 aromatic rings. The van der Waals surface area contributed by atoms with Crippen LogP contribution in [0.4, 0.5) is 11.4 Å². The highest BCUT2D eigenvalue weighted by Gasteiger charge is 2.45. The van der Waals surface area contributed by atoms with Gasteiger partial charge in [-0.2, -0.15) is 0 Å². The van der Waals surface area contributed by atoms with Crippen LogP contribution < -0.4 is 10.1 Å². The van der Waals surface area contributed by atoms with Gasteiger partial charge in [-0.25, -0.2) is 0 Å². The molecule has 0 aromatic heterocycles. The molecule has 0 aliphatic heterocycles. The molecule has 5 heteroatoms. The quantitative estimate of drug-likeness (QED) is 0.630. The molecular formula is C14H20N2O3. The molecule has 1 aliphatic rings. The molecule has 1 unspecified atom stereocenters. The average molecular weight is 264 g/mol. The predicted molar refractivity (Wildman–Crippen MR) is 74.7 cm³/mol. The highest BCUT2D eigenvalue weighted by molar-refractivity contribution is 5.57. The molecule has 19 heavy (non-hydrogen) atoms. The molecule has 5 nitrogen and oxygen atoms in total. The summed E-state index contributed by atoms with van der Waals surface area (Å²) in [4.78, 5) is 10.5. The van der Waals surface area contributed by atoms with Crippen LogP contribution in [0.3, 0.4) is 0 Å². The Kier molecular flexibility index (Phi) is 3.64. The lowest BCUT2D eigenvalue weighted by atomic mass is 10.2. The Hall–Kier alpha value is -1.78. The van der Waals surface area contributed by atoms with E-state index in [0.717, 1.165) is 18.5 Å². The van der Waals surface area contributed by atoms with Crippen LogP contribution in [0.15, 0.2) is 18.2 Å². The Balaban J connectivity index is 2.16. The molecule has 0 saturated heterocycles. The van der Waals surface area contributed by atoms with E-state index in [1.807, 2.05) is 13.0 Å². The van der Waals surface area contributed by atoms with Crippen molar-refractivity contribution in [1.29, 1.82) is 0 Å². The number of nitrogens with zero attached hydrogens (tertiary/aromatic N) is 1. The highest BCUT2D eigenvalue weighted by Crippen LogP contribution is 2.47. The van der Waals surface area contributed by atoms with Gasteiger partial charge in [0.05, 0.1) is 17.6 Å². The molecule has 0 radical (unpaired) electrons. The summed E-state index contributed by atoms with van der Waals surface area (Å²) >= 11 is 0. The van der Waals surface area contributed by atoms with Gasteiger partial charge in [0.15, 0.2) is 0 Å². The fraction of sp³-hybridized carbons (Fsp3) is 0.571. The number of nitro benzene ring substituents is 1. The van der Waals surface area contributed by atoms with Crippen LogP contribution in [0, 0.1) is 15.5 Å². The maximum Gasteiger partial charge on any atom is 0.275 e. The summed E-state index contributed by atoms with van der Waals surface area (Å²) in [6.45, 7) is 6.92. The lowest BCUT2D eigenvalue weighted by molar-refractivity contribution is -0.384. The van der Waals surface area contributed by atoms with Crippen molar-refractivity contribution < 1.29 is 9.66 Å². The lowest BCUT2D eigenvalue weighted by Crippen LogP contribution is -2.09. The first kappa shape index (κ1) is 13.6. The van der Waals surface area contributed by atoms with Crippen LogP contribution >= 0.6 is 0 Å². The Morgan fingerprint density at radius 1 is 1.47 bits per heavy atom. The first-order valence-electron chi connectivity index (χ1n) is 6.61. The number of nitro groups is 1. The van der Waals surface area contributed by atoms with Crippen LogP contribution in [0.1, 0.15) is 33.6 Å². The maximum atomic E-state index is 10.9. The summed E-state index contributed by atoms with van der Waals surface area (Å²) in [5, 5.41) is 14.3. The summed E-state index contributed by atoms with van der Waals surface area (Å²) in [6.07, 6.45) is 1.96. The van der Waals surface area contributed by atoms with E-state index in [2.05, 4.69) is 19.2 Å². The summed E-state index contributed by atoms with van der Waals surface area (Å²) in [7, 11) is 0. The van der Waals surface area contributed by atoms with E-state index in [4.69, 9.17) is 4.74 Å². The van der Waals surface area contributed by atoms with E-state index in [-0.39, 0.29) is 16.0 Å². The normalized spacial score (nSPS) is 19.8. The van der Waals surface area contributed by atoms with E-state index in [1.165, 1.54) is 6.07 Å². The van der Waals surface area contributed by atoms with Gasteiger partial charge < -0.3 is 10.1 Å². The third kappa shape index (κ3) is 3.36. The fourth-order valence-electron chi connectivity index (χ4n) is 1.99. The number of benzene rings is 1. The van der Waals surface area contributed by atoms with E-state index in [0.29, 0.717) is 18.4 Å². The molecule has 104 valence electrons. The minimum absolute atomic E-state index is 0.0644. The second-order valence-corrected chi connectivity index (χ2v) is 5.71. The van der Waals surface area contributed by atoms with Crippen LogP contribution in [0.25, 0.3) is 0 Å². The van der Waals surface area contributed by atoms with Gasteiger partial charge in [-0.05, 0) is 18.3 Å². The number of nitrogens with one attached hydrogen (secondary N) is 1.